The highest BCUT2D eigenvalue weighted by Crippen LogP contribution is 2.33. The van der Waals surface area contributed by atoms with Crippen LogP contribution >= 0.6 is 12.2 Å². The van der Waals surface area contributed by atoms with Gasteiger partial charge >= 0.3 is 10.1 Å². The number of hydrogen-bond acceptors (Lipinski definition) is 8. The molecule has 0 bridgehead atoms. The predicted octanol–water partition coefficient (Wildman–Crippen LogP) is 3.76. The summed E-state index contributed by atoms with van der Waals surface area (Å²) in [6, 6.07) is 19.1. The van der Waals surface area contributed by atoms with Crippen molar-refractivity contribution in [2.75, 3.05) is 6.61 Å². The average Bonchev–Trinajstić information content (AvgIpc) is 2.85. The highest BCUT2D eigenvalue weighted by Gasteiger charge is 2.28. The molecule has 0 unspecified atom stereocenters. The lowest BCUT2D eigenvalue weighted by Gasteiger charge is -2.12. The number of thiocarbonyl (C=S) groups is 1. The van der Waals surface area contributed by atoms with E-state index in [0.717, 1.165) is 17.7 Å². The van der Waals surface area contributed by atoms with Crippen LogP contribution in [0, 0.1) is 10.1 Å². The maximum atomic E-state index is 12.7. The second-order valence-corrected chi connectivity index (χ2v) is 8.86. The van der Waals surface area contributed by atoms with Crippen LogP contribution in [0.15, 0.2) is 82.8 Å². The number of nitrogens with zero attached hydrogens (tertiary/aromatic N) is 2. The Morgan fingerprint density at radius 1 is 1.09 bits per heavy atom. The minimum Gasteiger partial charge on any atom is -0.490 e. The fourth-order valence-corrected chi connectivity index (χ4v) is 4.14. The minimum atomic E-state index is -4.49. The van der Waals surface area contributed by atoms with Gasteiger partial charge in [0.1, 0.15) is 0 Å². The van der Waals surface area contributed by atoms with E-state index in [9.17, 15) is 18.5 Å². The van der Waals surface area contributed by atoms with Crippen molar-refractivity contribution in [3.05, 3.63) is 94.0 Å². The number of benzene rings is 3. The van der Waals surface area contributed by atoms with Gasteiger partial charge in [0.15, 0.2) is 21.5 Å². The molecule has 0 radical (unpaired) electrons. The van der Waals surface area contributed by atoms with Crippen molar-refractivity contribution < 1.29 is 22.3 Å². The molecule has 3 aromatic carbocycles. The largest absolute Gasteiger partial charge is 0.490 e. The van der Waals surface area contributed by atoms with Gasteiger partial charge in [0.05, 0.1) is 17.7 Å². The van der Waals surface area contributed by atoms with Crippen molar-refractivity contribution in [2.45, 2.75) is 18.4 Å². The standard InChI is InChI=1S/C23H22N4O6S2/c1-2-32-21-14-18(16-25-26-23(34)24-15-17-8-4-3-5-9-17)12-13-20(21)33-35(30,31)22-11-7-6-10-19(22)27(28)29/h3-14,16H,2,15H2,1H3,(H2,24,26,34)/b25-16+. The molecule has 10 nitrogen and oxygen atoms in total. The first-order chi connectivity index (χ1) is 16.8. The van der Waals surface area contributed by atoms with Gasteiger partial charge < -0.3 is 14.2 Å². The smallest absolute Gasteiger partial charge is 0.346 e. The molecule has 182 valence electrons. The molecule has 3 rings (SSSR count). The normalized spacial score (nSPS) is 11.1. The number of rotatable bonds is 10. The lowest BCUT2D eigenvalue weighted by atomic mass is 10.2. The van der Waals surface area contributed by atoms with E-state index in [1.807, 2.05) is 30.3 Å². The van der Waals surface area contributed by atoms with Crippen LogP contribution < -0.4 is 19.7 Å². The van der Waals surface area contributed by atoms with Crippen molar-refractivity contribution in [3.63, 3.8) is 0 Å². The number of para-hydroxylation sites is 1. The molecule has 0 spiro atoms. The van der Waals surface area contributed by atoms with E-state index in [0.29, 0.717) is 17.2 Å². The van der Waals surface area contributed by atoms with Crippen LogP contribution in [0.1, 0.15) is 18.1 Å². The third kappa shape index (κ3) is 7.22. The fourth-order valence-electron chi connectivity index (χ4n) is 2.91. The number of ether oxygens (including phenoxy) is 1. The SMILES string of the molecule is CCOc1cc(/C=N/NC(=S)NCc2ccccc2)ccc1OS(=O)(=O)c1ccccc1[N+](=O)[O-]. The Hall–Kier alpha value is -4.03. The highest BCUT2D eigenvalue weighted by molar-refractivity contribution is 7.87. The summed E-state index contributed by atoms with van der Waals surface area (Å²) in [6.45, 7) is 2.49. The molecule has 0 atom stereocenters. The fraction of sp³-hybridized carbons (Fsp3) is 0.130. The highest BCUT2D eigenvalue weighted by atomic mass is 32.2. The molecular weight excluding hydrogens is 492 g/mol. The van der Waals surface area contributed by atoms with Crippen molar-refractivity contribution in [2.24, 2.45) is 5.10 Å². The summed E-state index contributed by atoms with van der Waals surface area (Å²) in [4.78, 5) is 9.88. The summed E-state index contributed by atoms with van der Waals surface area (Å²) in [5.41, 5.74) is 3.75. The van der Waals surface area contributed by atoms with Gasteiger partial charge in [0, 0.05) is 12.6 Å². The first-order valence-corrected chi connectivity index (χ1v) is 12.2. The first-order valence-electron chi connectivity index (χ1n) is 10.4. The Labute approximate surface area is 207 Å². The van der Waals surface area contributed by atoms with E-state index in [4.69, 9.17) is 21.1 Å². The molecular formula is C23H22N4O6S2. The molecule has 0 fully saturated rings. The van der Waals surface area contributed by atoms with Crippen LogP contribution in [0.25, 0.3) is 0 Å². The summed E-state index contributed by atoms with van der Waals surface area (Å²) in [6.07, 6.45) is 1.47. The van der Waals surface area contributed by atoms with Crippen molar-refractivity contribution in [1.29, 1.82) is 0 Å². The minimum absolute atomic E-state index is 0.116. The number of hydrazone groups is 1. The zero-order chi connectivity index (χ0) is 25.3. The maximum Gasteiger partial charge on any atom is 0.346 e. The third-order valence-corrected chi connectivity index (χ3v) is 5.99. The zero-order valence-corrected chi connectivity index (χ0v) is 20.2. The Kier molecular flexibility index (Phi) is 8.70. The van der Waals surface area contributed by atoms with Gasteiger partial charge in [-0.2, -0.15) is 13.5 Å². The molecule has 2 N–H and O–H groups in total. The second kappa shape index (κ2) is 11.9. The monoisotopic (exact) mass is 514 g/mol. The van der Waals surface area contributed by atoms with Crippen molar-refractivity contribution >= 4 is 39.4 Å². The number of nitro benzene ring substituents is 1. The topological polar surface area (TPSA) is 132 Å². The molecule has 0 amide bonds. The first kappa shape index (κ1) is 25.6. The molecule has 0 aromatic heterocycles. The average molecular weight is 515 g/mol. The summed E-state index contributed by atoms with van der Waals surface area (Å²) >= 11 is 5.20. The van der Waals surface area contributed by atoms with Crippen LogP contribution in [0.2, 0.25) is 0 Å². The Morgan fingerprint density at radius 2 is 1.80 bits per heavy atom. The summed E-state index contributed by atoms with van der Waals surface area (Å²) in [5.74, 6) is 0.0125. The van der Waals surface area contributed by atoms with Gasteiger partial charge in [0.25, 0.3) is 5.69 Å². The summed E-state index contributed by atoms with van der Waals surface area (Å²) < 4.78 is 36.2. The summed E-state index contributed by atoms with van der Waals surface area (Å²) in [7, 11) is -4.49. The maximum absolute atomic E-state index is 12.7. The molecule has 0 aliphatic carbocycles. The molecule has 0 saturated heterocycles. The molecule has 0 aliphatic rings. The second-order valence-electron chi connectivity index (χ2n) is 6.94. The molecule has 0 heterocycles. The molecule has 0 saturated carbocycles. The Morgan fingerprint density at radius 3 is 2.51 bits per heavy atom. The third-order valence-electron chi connectivity index (χ3n) is 4.47. The van der Waals surface area contributed by atoms with Gasteiger partial charge in [-0.15, -0.1) is 0 Å². The molecule has 3 aromatic rings. The quantitative estimate of drug-likeness (QED) is 0.136. The number of nitrogens with one attached hydrogen (secondary N) is 2. The van der Waals surface area contributed by atoms with E-state index in [1.165, 1.54) is 30.5 Å². The van der Waals surface area contributed by atoms with Gasteiger partial charge in [-0.25, -0.2) is 0 Å². The number of nitro groups is 1. The van der Waals surface area contributed by atoms with Crippen molar-refractivity contribution in [3.8, 4) is 11.5 Å². The van der Waals surface area contributed by atoms with Gasteiger partial charge in [-0.1, -0.05) is 42.5 Å². The van der Waals surface area contributed by atoms with E-state index in [1.54, 1.807) is 13.0 Å². The van der Waals surface area contributed by atoms with Gasteiger partial charge in [-0.05, 0) is 54.5 Å². The predicted molar refractivity (Wildman–Crippen MR) is 135 cm³/mol. The van der Waals surface area contributed by atoms with Gasteiger partial charge in [0.2, 0.25) is 0 Å². The van der Waals surface area contributed by atoms with Crippen LogP contribution in [0.3, 0.4) is 0 Å². The van der Waals surface area contributed by atoms with Crippen LogP contribution in [0.4, 0.5) is 5.69 Å². The lowest BCUT2D eigenvalue weighted by Crippen LogP contribution is -2.31. The van der Waals surface area contributed by atoms with E-state index >= 15 is 0 Å². The van der Waals surface area contributed by atoms with Gasteiger partial charge in [-0.3, -0.25) is 15.5 Å². The molecule has 0 aliphatic heterocycles. The summed E-state index contributed by atoms with van der Waals surface area (Å²) in [5, 5.41) is 18.6. The molecule has 35 heavy (non-hydrogen) atoms. The van der Waals surface area contributed by atoms with Crippen LogP contribution in [0.5, 0.6) is 11.5 Å². The van der Waals surface area contributed by atoms with Crippen molar-refractivity contribution in [1.82, 2.24) is 10.7 Å². The van der Waals surface area contributed by atoms with Crippen LogP contribution in [-0.4, -0.2) is 31.3 Å². The zero-order valence-electron chi connectivity index (χ0n) is 18.6. The number of hydrogen-bond donors (Lipinski definition) is 2. The Balaban J connectivity index is 1.70. The Bertz CT molecular complexity index is 1330. The molecule has 12 heteroatoms. The lowest BCUT2D eigenvalue weighted by molar-refractivity contribution is -0.387. The van der Waals surface area contributed by atoms with E-state index < -0.39 is 25.6 Å². The van der Waals surface area contributed by atoms with E-state index in [2.05, 4.69) is 15.8 Å². The van der Waals surface area contributed by atoms with E-state index in [-0.39, 0.29) is 18.1 Å². The van der Waals surface area contributed by atoms with Crippen LogP contribution in [-0.2, 0) is 16.7 Å².